The molecule has 0 aliphatic carbocycles. The first-order valence-electron chi connectivity index (χ1n) is 8.51. The minimum absolute atomic E-state index is 0. The summed E-state index contributed by atoms with van der Waals surface area (Å²) in [5.74, 6) is 2.34. The van der Waals surface area contributed by atoms with E-state index in [1.807, 2.05) is 31.2 Å². The van der Waals surface area contributed by atoms with Crippen molar-refractivity contribution in [1.82, 2.24) is 15.5 Å². The Balaban J connectivity index is 0.00000625. The number of halogens is 1. The van der Waals surface area contributed by atoms with Crippen LogP contribution >= 0.6 is 24.0 Å². The number of guanidine groups is 1. The Hall–Kier alpha value is -1.26. The second-order valence-electron chi connectivity index (χ2n) is 5.78. The molecule has 2 N–H and O–H groups in total. The maximum atomic E-state index is 5.89. The van der Waals surface area contributed by atoms with Gasteiger partial charge in [0.15, 0.2) is 5.96 Å². The summed E-state index contributed by atoms with van der Waals surface area (Å²) in [5, 5.41) is 6.57. The van der Waals surface area contributed by atoms with Crippen molar-refractivity contribution < 1.29 is 14.2 Å². The molecule has 0 amide bonds. The lowest BCUT2D eigenvalue weighted by atomic mass is 10.3. The maximum absolute atomic E-state index is 5.89. The van der Waals surface area contributed by atoms with Gasteiger partial charge in [-0.25, -0.2) is 0 Å². The number of benzene rings is 1. The van der Waals surface area contributed by atoms with Crippen molar-refractivity contribution in [2.75, 3.05) is 61.1 Å². The summed E-state index contributed by atoms with van der Waals surface area (Å²) in [5.41, 5.74) is 0. The third-order valence-corrected chi connectivity index (χ3v) is 3.62. The predicted octanol–water partition coefficient (Wildman–Crippen LogP) is 1.82. The van der Waals surface area contributed by atoms with Crippen LogP contribution in [-0.2, 0) is 4.74 Å². The number of nitrogens with one attached hydrogen (secondary N) is 2. The third-order valence-electron chi connectivity index (χ3n) is 3.62. The molecule has 7 nitrogen and oxygen atoms in total. The predicted molar refractivity (Wildman–Crippen MR) is 117 cm³/mol. The SMILES string of the molecule is CN=C(NCCN(C)CCOC)NCC(C)Oc1cccc(OC)c1.I. The van der Waals surface area contributed by atoms with Crippen LogP contribution in [-0.4, -0.2) is 78.1 Å². The van der Waals surface area contributed by atoms with E-state index < -0.39 is 0 Å². The lowest BCUT2D eigenvalue weighted by Gasteiger charge is -2.20. The van der Waals surface area contributed by atoms with Gasteiger partial charge in [-0.2, -0.15) is 0 Å². The van der Waals surface area contributed by atoms with E-state index >= 15 is 0 Å². The van der Waals surface area contributed by atoms with Crippen LogP contribution in [0.4, 0.5) is 0 Å². The fourth-order valence-corrected chi connectivity index (χ4v) is 2.13. The van der Waals surface area contributed by atoms with Gasteiger partial charge in [0.05, 0.1) is 20.3 Å². The maximum Gasteiger partial charge on any atom is 0.191 e. The van der Waals surface area contributed by atoms with E-state index in [0.29, 0.717) is 6.54 Å². The number of hydrogen-bond acceptors (Lipinski definition) is 5. The minimum atomic E-state index is -0.00460. The molecular weight excluding hydrogens is 447 g/mol. The van der Waals surface area contributed by atoms with E-state index in [4.69, 9.17) is 14.2 Å². The van der Waals surface area contributed by atoms with Crippen molar-refractivity contribution in [3.05, 3.63) is 24.3 Å². The first-order valence-corrected chi connectivity index (χ1v) is 8.51. The fourth-order valence-electron chi connectivity index (χ4n) is 2.13. The Kier molecular flexibility index (Phi) is 14.1. The summed E-state index contributed by atoms with van der Waals surface area (Å²) in [4.78, 5) is 6.44. The van der Waals surface area contributed by atoms with Crippen LogP contribution in [0.2, 0.25) is 0 Å². The highest BCUT2D eigenvalue weighted by molar-refractivity contribution is 14.0. The van der Waals surface area contributed by atoms with Gasteiger partial charge in [-0.15, -0.1) is 24.0 Å². The zero-order valence-corrected chi connectivity index (χ0v) is 18.8. The van der Waals surface area contributed by atoms with Gasteiger partial charge >= 0.3 is 0 Å². The molecule has 0 aromatic heterocycles. The lowest BCUT2D eigenvalue weighted by Crippen LogP contribution is -2.44. The molecule has 8 heteroatoms. The molecule has 1 rings (SSSR count). The average Bonchev–Trinajstić information content (AvgIpc) is 2.62. The Labute approximate surface area is 174 Å². The minimum Gasteiger partial charge on any atom is -0.497 e. The van der Waals surface area contributed by atoms with E-state index in [9.17, 15) is 0 Å². The molecule has 0 aliphatic heterocycles. The van der Waals surface area contributed by atoms with Gasteiger partial charge in [-0.1, -0.05) is 6.07 Å². The largest absolute Gasteiger partial charge is 0.497 e. The molecule has 0 aliphatic rings. The highest BCUT2D eigenvalue weighted by Gasteiger charge is 2.07. The Bertz CT molecular complexity index is 517. The summed E-state index contributed by atoms with van der Waals surface area (Å²) < 4.78 is 16.2. The highest BCUT2D eigenvalue weighted by Crippen LogP contribution is 2.19. The molecule has 0 saturated carbocycles. The number of rotatable bonds is 11. The molecule has 0 radical (unpaired) electrons. The smallest absolute Gasteiger partial charge is 0.191 e. The van der Waals surface area contributed by atoms with Crippen molar-refractivity contribution in [3.63, 3.8) is 0 Å². The molecule has 0 fully saturated rings. The van der Waals surface area contributed by atoms with Gasteiger partial charge in [-0.05, 0) is 26.1 Å². The van der Waals surface area contributed by atoms with Gasteiger partial charge in [-0.3, -0.25) is 4.99 Å². The van der Waals surface area contributed by atoms with Gasteiger partial charge in [0, 0.05) is 39.9 Å². The van der Waals surface area contributed by atoms with Crippen LogP contribution in [0.15, 0.2) is 29.3 Å². The molecule has 1 aromatic carbocycles. The van der Waals surface area contributed by atoms with Crippen LogP contribution in [0, 0.1) is 0 Å². The Morgan fingerprint density at radius 1 is 1.19 bits per heavy atom. The molecule has 1 aromatic rings. The highest BCUT2D eigenvalue weighted by atomic mass is 127. The van der Waals surface area contributed by atoms with E-state index in [0.717, 1.165) is 43.7 Å². The average molecular weight is 480 g/mol. The van der Waals surface area contributed by atoms with Gasteiger partial charge in [0.2, 0.25) is 0 Å². The number of ether oxygens (including phenoxy) is 3. The number of nitrogens with zero attached hydrogens (tertiary/aromatic N) is 2. The molecule has 0 spiro atoms. The van der Waals surface area contributed by atoms with Crippen molar-refractivity contribution in [3.8, 4) is 11.5 Å². The summed E-state index contributed by atoms with van der Waals surface area (Å²) in [6.45, 7) is 6.04. The normalized spacial score (nSPS) is 12.3. The number of hydrogen-bond donors (Lipinski definition) is 2. The third kappa shape index (κ3) is 10.7. The van der Waals surface area contributed by atoms with Crippen LogP contribution < -0.4 is 20.1 Å². The van der Waals surface area contributed by atoms with Crippen LogP contribution in [0.1, 0.15) is 6.92 Å². The molecule has 0 saturated heterocycles. The molecule has 1 unspecified atom stereocenters. The molecule has 26 heavy (non-hydrogen) atoms. The topological polar surface area (TPSA) is 67.4 Å². The zero-order valence-electron chi connectivity index (χ0n) is 16.4. The fraction of sp³-hybridized carbons (Fsp3) is 0.611. The van der Waals surface area contributed by atoms with E-state index in [1.165, 1.54) is 0 Å². The monoisotopic (exact) mass is 480 g/mol. The summed E-state index contributed by atoms with van der Waals surface area (Å²) in [7, 11) is 7.19. The van der Waals surface area contributed by atoms with Crippen LogP contribution in [0.5, 0.6) is 11.5 Å². The number of likely N-dealkylation sites (N-methyl/N-ethyl adjacent to an activating group) is 1. The van der Waals surface area contributed by atoms with E-state index in [2.05, 4.69) is 27.6 Å². The van der Waals surface area contributed by atoms with Crippen molar-refractivity contribution in [2.45, 2.75) is 13.0 Å². The van der Waals surface area contributed by atoms with Crippen LogP contribution in [0.25, 0.3) is 0 Å². The first-order chi connectivity index (χ1) is 12.1. The number of aliphatic imine (C=N–C) groups is 1. The lowest BCUT2D eigenvalue weighted by molar-refractivity contribution is 0.162. The molecular formula is C18H33IN4O3. The first kappa shape index (κ1) is 24.7. The number of methoxy groups -OCH3 is 2. The van der Waals surface area contributed by atoms with Gasteiger partial charge < -0.3 is 29.7 Å². The van der Waals surface area contributed by atoms with Crippen molar-refractivity contribution in [1.29, 1.82) is 0 Å². The van der Waals surface area contributed by atoms with Crippen molar-refractivity contribution >= 4 is 29.9 Å². The van der Waals surface area contributed by atoms with Crippen LogP contribution in [0.3, 0.4) is 0 Å². The standard InChI is InChI=1S/C18H32N4O3.HI/c1-15(25-17-8-6-7-16(13-17)24-5)14-21-18(19-2)20-9-10-22(3)11-12-23-4;/h6-8,13,15H,9-12,14H2,1-5H3,(H2,19,20,21);1H. The second-order valence-corrected chi connectivity index (χ2v) is 5.78. The summed E-state index contributed by atoms with van der Waals surface area (Å²) in [6.07, 6.45) is -0.00460. The Morgan fingerprint density at radius 3 is 2.58 bits per heavy atom. The quantitative estimate of drug-likeness (QED) is 0.286. The van der Waals surface area contributed by atoms with E-state index in [1.54, 1.807) is 21.3 Å². The van der Waals surface area contributed by atoms with Gasteiger partial charge in [0.25, 0.3) is 0 Å². The molecule has 0 heterocycles. The molecule has 150 valence electrons. The van der Waals surface area contributed by atoms with E-state index in [-0.39, 0.29) is 30.1 Å². The summed E-state index contributed by atoms with van der Waals surface area (Å²) in [6, 6.07) is 7.60. The summed E-state index contributed by atoms with van der Waals surface area (Å²) >= 11 is 0. The Morgan fingerprint density at radius 2 is 1.92 bits per heavy atom. The van der Waals surface area contributed by atoms with Gasteiger partial charge in [0.1, 0.15) is 17.6 Å². The zero-order chi connectivity index (χ0) is 18.5. The second kappa shape index (κ2) is 14.9. The molecule has 1 atom stereocenters. The van der Waals surface area contributed by atoms with Crippen molar-refractivity contribution in [2.24, 2.45) is 4.99 Å². The molecule has 0 bridgehead atoms.